The van der Waals surface area contributed by atoms with E-state index in [-0.39, 0.29) is 29.7 Å². The molecule has 2 aliphatic heterocycles. The summed E-state index contributed by atoms with van der Waals surface area (Å²) in [6.45, 7) is 8.74. The number of methoxy groups -OCH3 is 1. The predicted molar refractivity (Wildman–Crippen MR) is 141 cm³/mol. The maximum atomic E-state index is 12.7. The van der Waals surface area contributed by atoms with E-state index in [0.717, 1.165) is 46.2 Å². The van der Waals surface area contributed by atoms with E-state index in [2.05, 4.69) is 84.1 Å². The van der Waals surface area contributed by atoms with Crippen LogP contribution in [0.15, 0.2) is 42.6 Å². The molecular formula is C27H33BN4O5. The molecule has 10 heteroatoms. The van der Waals surface area contributed by atoms with Crippen molar-refractivity contribution in [3.63, 3.8) is 0 Å². The molecule has 0 bridgehead atoms. The fourth-order valence-corrected chi connectivity index (χ4v) is 4.88. The van der Waals surface area contributed by atoms with E-state index in [1.54, 1.807) is 4.90 Å². The Bertz CT molecular complexity index is 1320. The van der Waals surface area contributed by atoms with Gasteiger partial charge in [0.2, 0.25) is 5.91 Å². The summed E-state index contributed by atoms with van der Waals surface area (Å²) in [4.78, 5) is 33.8. The van der Waals surface area contributed by atoms with Crippen molar-refractivity contribution in [1.82, 2.24) is 20.2 Å². The zero-order valence-electron chi connectivity index (χ0n) is 22.0. The maximum absolute atomic E-state index is 12.7. The average Bonchev–Trinajstić information content (AvgIpc) is 3.59. The van der Waals surface area contributed by atoms with Crippen LogP contribution >= 0.6 is 0 Å². The lowest BCUT2D eigenvalue weighted by Gasteiger charge is -2.32. The van der Waals surface area contributed by atoms with Crippen LogP contribution in [0, 0.1) is 0 Å². The molecule has 3 aromatic rings. The highest BCUT2D eigenvalue weighted by Gasteiger charge is 2.51. The van der Waals surface area contributed by atoms with E-state index in [9.17, 15) is 9.59 Å². The van der Waals surface area contributed by atoms with E-state index in [4.69, 9.17) is 9.31 Å². The molecule has 2 N–H and O–H groups in total. The molecule has 5 rings (SSSR count). The number of nitrogens with zero attached hydrogens (tertiary/aromatic N) is 2. The third kappa shape index (κ3) is 4.83. The van der Waals surface area contributed by atoms with Crippen LogP contribution in [0.1, 0.15) is 52.4 Å². The van der Waals surface area contributed by atoms with Gasteiger partial charge in [0, 0.05) is 12.1 Å². The van der Waals surface area contributed by atoms with Gasteiger partial charge in [0.05, 0.1) is 36.2 Å². The van der Waals surface area contributed by atoms with E-state index < -0.39 is 13.2 Å². The molecule has 0 unspecified atom stereocenters. The number of H-pyrrole nitrogens is 1. The van der Waals surface area contributed by atoms with Gasteiger partial charge in [-0.25, -0.2) is 9.78 Å². The number of benzene rings is 2. The summed E-state index contributed by atoms with van der Waals surface area (Å²) in [6.07, 6.45) is 2.88. The summed E-state index contributed by atoms with van der Waals surface area (Å²) in [5.74, 6) is 0.587. The van der Waals surface area contributed by atoms with Gasteiger partial charge in [0.25, 0.3) is 0 Å². The number of aromatic nitrogens is 2. The minimum atomic E-state index is -0.622. The number of alkyl carbamates (subject to hydrolysis) is 1. The van der Waals surface area contributed by atoms with Crippen molar-refractivity contribution >= 4 is 35.4 Å². The largest absolute Gasteiger partial charge is 0.494 e. The van der Waals surface area contributed by atoms with Crippen molar-refractivity contribution in [3.8, 4) is 11.3 Å². The van der Waals surface area contributed by atoms with Crippen LogP contribution in [-0.4, -0.2) is 65.4 Å². The number of imidazole rings is 1. The van der Waals surface area contributed by atoms with Crippen molar-refractivity contribution in [1.29, 1.82) is 0 Å². The molecule has 2 amide bonds. The third-order valence-electron chi connectivity index (χ3n) is 7.75. The quantitative estimate of drug-likeness (QED) is 0.515. The monoisotopic (exact) mass is 504 g/mol. The summed E-state index contributed by atoms with van der Waals surface area (Å²) >= 11 is 0. The first-order valence-electron chi connectivity index (χ1n) is 12.6. The molecule has 194 valence electrons. The van der Waals surface area contributed by atoms with Crippen molar-refractivity contribution in [2.24, 2.45) is 0 Å². The highest BCUT2D eigenvalue weighted by molar-refractivity contribution is 6.62. The Hall–Kier alpha value is -3.37. The number of aromatic amines is 1. The fourth-order valence-electron chi connectivity index (χ4n) is 4.88. The second kappa shape index (κ2) is 9.50. The van der Waals surface area contributed by atoms with Crippen molar-refractivity contribution < 1.29 is 23.6 Å². The van der Waals surface area contributed by atoms with Gasteiger partial charge in [-0.2, -0.15) is 0 Å². The standard InChI is InChI=1S/C27H33BN4O5/c1-26(2)27(3,4)37-28(36-26)20-11-10-17-13-19(9-8-18(17)14-20)21-15-29-24(31-21)22-7-6-12-32(22)23(33)16-30-25(34)35-5/h8-11,13-15,22H,6-7,12,16H2,1-5H3,(H,29,31)(H,30,34)/t22-/m1/s1. The lowest BCUT2D eigenvalue weighted by atomic mass is 9.78. The summed E-state index contributed by atoms with van der Waals surface area (Å²) in [7, 11) is 0.873. The van der Waals surface area contributed by atoms with Crippen molar-refractivity contribution in [2.75, 3.05) is 20.2 Å². The molecule has 0 radical (unpaired) electrons. The fraction of sp³-hybridized carbons (Fsp3) is 0.444. The van der Waals surface area contributed by atoms with Gasteiger partial charge in [-0.1, -0.05) is 30.3 Å². The molecule has 9 nitrogen and oxygen atoms in total. The lowest BCUT2D eigenvalue weighted by Crippen LogP contribution is -2.41. The number of likely N-dealkylation sites (tertiary alicyclic amines) is 1. The smallest absolute Gasteiger partial charge is 0.453 e. The molecule has 37 heavy (non-hydrogen) atoms. The van der Waals surface area contributed by atoms with Gasteiger partial charge in [0.1, 0.15) is 12.4 Å². The minimum absolute atomic E-state index is 0.102. The van der Waals surface area contributed by atoms with Gasteiger partial charge >= 0.3 is 13.2 Å². The Kier molecular flexibility index (Phi) is 6.49. The molecule has 2 fully saturated rings. The van der Waals surface area contributed by atoms with Gasteiger partial charge in [-0.05, 0) is 62.8 Å². The molecule has 2 saturated heterocycles. The number of fused-ring (bicyclic) bond motifs is 1. The minimum Gasteiger partial charge on any atom is -0.453 e. The van der Waals surface area contributed by atoms with Gasteiger partial charge in [-0.3, -0.25) is 4.79 Å². The molecule has 0 spiro atoms. The van der Waals surface area contributed by atoms with Crippen LogP contribution in [-0.2, 0) is 18.8 Å². The van der Waals surface area contributed by atoms with Crippen LogP contribution in [0.3, 0.4) is 0 Å². The number of hydrogen-bond donors (Lipinski definition) is 2. The zero-order chi connectivity index (χ0) is 26.4. The number of ether oxygens (including phenoxy) is 1. The highest BCUT2D eigenvalue weighted by Crippen LogP contribution is 2.37. The SMILES string of the molecule is COC(=O)NCC(=O)N1CCC[C@@H]1c1ncc(-c2ccc3cc(B4OC(C)(C)C(C)(C)O4)ccc3c2)[nH]1. The van der Waals surface area contributed by atoms with E-state index in [1.165, 1.54) is 7.11 Å². The van der Waals surface area contributed by atoms with Gasteiger partial charge in [0.15, 0.2) is 0 Å². The molecule has 0 saturated carbocycles. The van der Waals surface area contributed by atoms with Crippen molar-refractivity contribution in [2.45, 2.75) is 57.8 Å². The first kappa shape index (κ1) is 25.3. The molecule has 0 aliphatic carbocycles. The zero-order valence-corrected chi connectivity index (χ0v) is 22.0. The number of nitrogens with one attached hydrogen (secondary N) is 2. The van der Waals surface area contributed by atoms with Crippen LogP contribution in [0.4, 0.5) is 4.79 Å². The van der Waals surface area contributed by atoms with Gasteiger partial charge < -0.3 is 29.2 Å². The molecule has 3 heterocycles. The number of amides is 2. The molecular weight excluding hydrogens is 471 g/mol. The third-order valence-corrected chi connectivity index (χ3v) is 7.75. The number of rotatable bonds is 5. The average molecular weight is 504 g/mol. The van der Waals surface area contributed by atoms with E-state index in [0.29, 0.717) is 6.54 Å². The molecule has 1 aromatic heterocycles. The Balaban J connectivity index is 1.32. The van der Waals surface area contributed by atoms with E-state index in [1.807, 2.05) is 6.20 Å². The molecule has 1 atom stereocenters. The first-order valence-corrected chi connectivity index (χ1v) is 12.6. The normalized spacial score (nSPS) is 20.4. The van der Waals surface area contributed by atoms with Gasteiger partial charge in [-0.15, -0.1) is 0 Å². The Morgan fingerprint density at radius 1 is 1.14 bits per heavy atom. The number of carbonyl (C=O) groups excluding carboxylic acids is 2. The summed E-state index contributed by atoms with van der Waals surface area (Å²) in [6, 6.07) is 12.4. The lowest BCUT2D eigenvalue weighted by molar-refractivity contribution is -0.131. The molecule has 2 aromatic carbocycles. The van der Waals surface area contributed by atoms with Crippen LogP contribution < -0.4 is 10.8 Å². The Morgan fingerprint density at radius 3 is 2.57 bits per heavy atom. The predicted octanol–water partition coefficient (Wildman–Crippen LogP) is 3.55. The summed E-state index contributed by atoms with van der Waals surface area (Å²) in [5.41, 5.74) is 2.13. The number of hydrogen-bond acceptors (Lipinski definition) is 6. The van der Waals surface area contributed by atoms with Crippen LogP contribution in [0.5, 0.6) is 0 Å². The second-order valence-electron chi connectivity index (χ2n) is 10.7. The first-order chi connectivity index (χ1) is 17.6. The topological polar surface area (TPSA) is 106 Å². The van der Waals surface area contributed by atoms with Crippen LogP contribution in [0.25, 0.3) is 22.0 Å². The Morgan fingerprint density at radius 2 is 1.84 bits per heavy atom. The Labute approximate surface area is 217 Å². The summed E-state index contributed by atoms with van der Waals surface area (Å²) in [5, 5.41) is 4.66. The second-order valence-corrected chi connectivity index (χ2v) is 10.7. The highest BCUT2D eigenvalue weighted by atomic mass is 16.7. The van der Waals surface area contributed by atoms with E-state index >= 15 is 0 Å². The maximum Gasteiger partial charge on any atom is 0.494 e. The number of carbonyl (C=O) groups is 2. The van der Waals surface area contributed by atoms with Crippen molar-refractivity contribution in [3.05, 3.63) is 48.4 Å². The molecule has 2 aliphatic rings. The van der Waals surface area contributed by atoms with Crippen LogP contribution in [0.2, 0.25) is 0 Å². The summed E-state index contributed by atoms with van der Waals surface area (Å²) < 4.78 is 17.0.